The second-order valence-electron chi connectivity index (χ2n) is 6.24. The Morgan fingerprint density at radius 2 is 1.61 bits per heavy atom. The van der Waals surface area contributed by atoms with Gasteiger partial charge in [0, 0.05) is 12.1 Å². The molecule has 4 amide bonds. The monoisotopic (exact) mass is 322 g/mol. The fraction of sp³-hybridized carbons (Fsp3) is 0.438. The van der Waals surface area contributed by atoms with Crippen LogP contribution in [0.2, 0.25) is 0 Å². The molecule has 1 heterocycles. The highest BCUT2D eigenvalue weighted by Crippen LogP contribution is 2.12. The van der Waals surface area contributed by atoms with E-state index in [-0.39, 0.29) is 24.9 Å². The van der Waals surface area contributed by atoms with E-state index in [2.05, 4.69) is 0 Å². The smallest absolute Gasteiger partial charge is 0.316 e. The first-order chi connectivity index (χ1) is 10.8. The van der Waals surface area contributed by atoms with Crippen LogP contribution in [0.1, 0.15) is 19.4 Å². The molecule has 0 radical (unpaired) electrons. The number of halogens is 1. The Labute approximate surface area is 134 Å². The maximum atomic E-state index is 12.9. The molecule has 124 valence electrons. The number of hydrogen-bond acceptors (Lipinski definition) is 3. The molecular weight excluding hydrogens is 301 g/mol. The van der Waals surface area contributed by atoms with Crippen molar-refractivity contribution in [2.75, 3.05) is 20.3 Å². The number of imide groups is 2. The quantitative estimate of drug-likeness (QED) is 0.603. The predicted octanol–water partition coefficient (Wildman–Crippen LogP) is 0.245. The highest BCUT2D eigenvalue weighted by molar-refractivity contribution is 6.44. The van der Waals surface area contributed by atoms with Crippen LogP contribution in [0.3, 0.4) is 0 Å². The van der Waals surface area contributed by atoms with Crippen molar-refractivity contribution in [1.29, 1.82) is 0 Å². The standard InChI is InChI=1S/C16H20FN3O3/c1-11(2)8-19-14(21)15(22)20(16(19)23)10-18(3)9-12-4-6-13(17)7-5-12/h4-7,11H,8-10H2,1-3H3/p+1. The van der Waals surface area contributed by atoms with Gasteiger partial charge in [0.1, 0.15) is 12.4 Å². The van der Waals surface area contributed by atoms with Gasteiger partial charge in [-0.15, -0.1) is 0 Å². The van der Waals surface area contributed by atoms with Gasteiger partial charge in [0.2, 0.25) is 0 Å². The molecule has 1 aliphatic heterocycles. The van der Waals surface area contributed by atoms with E-state index in [1.165, 1.54) is 12.1 Å². The lowest BCUT2D eigenvalue weighted by atomic mass is 10.2. The van der Waals surface area contributed by atoms with Crippen LogP contribution in [0.5, 0.6) is 0 Å². The van der Waals surface area contributed by atoms with Crippen LogP contribution in [-0.4, -0.2) is 47.9 Å². The fourth-order valence-electron chi connectivity index (χ4n) is 2.49. The Kier molecular flexibility index (Phi) is 5.10. The summed E-state index contributed by atoms with van der Waals surface area (Å²) in [6.07, 6.45) is 0. The van der Waals surface area contributed by atoms with E-state index in [0.29, 0.717) is 6.54 Å². The molecular formula is C16H21FN3O3+. The zero-order valence-electron chi connectivity index (χ0n) is 13.5. The zero-order chi connectivity index (χ0) is 17.1. The minimum Gasteiger partial charge on any atom is -0.316 e. The number of quaternary nitrogens is 1. The van der Waals surface area contributed by atoms with Crippen LogP contribution < -0.4 is 4.90 Å². The molecule has 1 aromatic rings. The van der Waals surface area contributed by atoms with Crippen molar-refractivity contribution < 1.29 is 23.7 Å². The minimum atomic E-state index is -0.783. The van der Waals surface area contributed by atoms with E-state index in [1.807, 2.05) is 13.8 Å². The van der Waals surface area contributed by atoms with Crippen LogP contribution in [0, 0.1) is 11.7 Å². The summed E-state index contributed by atoms with van der Waals surface area (Å²) < 4.78 is 12.9. The number of hydrogen-bond donors (Lipinski definition) is 1. The number of urea groups is 1. The zero-order valence-corrected chi connectivity index (χ0v) is 13.5. The molecule has 6 nitrogen and oxygen atoms in total. The van der Waals surface area contributed by atoms with Gasteiger partial charge in [0.25, 0.3) is 0 Å². The van der Waals surface area contributed by atoms with Gasteiger partial charge in [-0.1, -0.05) is 26.0 Å². The Morgan fingerprint density at radius 3 is 2.17 bits per heavy atom. The molecule has 1 aliphatic rings. The van der Waals surface area contributed by atoms with Crippen molar-refractivity contribution in [2.24, 2.45) is 5.92 Å². The largest absolute Gasteiger partial charge is 0.338 e. The van der Waals surface area contributed by atoms with Gasteiger partial charge in [-0.25, -0.2) is 14.1 Å². The first-order valence-electron chi connectivity index (χ1n) is 7.52. The maximum absolute atomic E-state index is 12.9. The van der Waals surface area contributed by atoms with E-state index >= 15 is 0 Å². The SMILES string of the molecule is CC(C)CN1C(=O)C(=O)N(C[NH+](C)Cc2ccc(F)cc2)C1=O. The van der Waals surface area contributed by atoms with Gasteiger partial charge in [-0.05, 0) is 18.1 Å². The van der Waals surface area contributed by atoms with E-state index < -0.39 is 17.8 Å². The summed E-state index contributed by atoms with van der Waals surface area (Å²) in [5.74, 6) is -1.77. The van der Waals surface area contributed by atoms with Crippen LogP contribution in [0.25, 0.3) is 0 Å². The second kappa shape index (κ2) is 6.87. The normalized spacial score (nSPS) is 16.7. The molecule has 0 saturated carbocycles. The van der Waals surface area contributed by atoms with Crippen LogP contribution in [0.15, 0.2) is 24.3 Å². The average molecular weight is 322 g/mol. The van der Waals surface area contributed by atoms with Crippen molar-refractivity contribution >= 4 is 17.8 Å². The van der Waals surface area contributed by atoms with Crippen molar-refractivity contribution in [3.8, 4) is 0 Å². The van der Waals surface area contributed by atoms with Gasteiger partial charge >= 0.3 is 17.8 Å². The maximum Gasteiger partial charge on any atom is 0.338 e. The van der Waals surface area contributed by atoms with Crippen LogP contribution in [0.4, 0.5) is 9.18 Å². The van der Waals surface area contributed by atoms with Gasteiger partial charge < -0.3 is 4.90 Å². The Morgan fingerprint density at radius 1 is 1.04 bits per heavy atom. The molecule has 1 fully saturated rings. The van der Waals surface area contributed by atoms with Crippen LogP contribution in [-0.2, 0) is 16.1 Å². The summed E-state index contributed by atoms with van der Waals surface area (Å²) in [5, 5.41) is 0. The third-order valence-electron chi connectivity index (χ3n) is 3.53. The van der Waals surface area contributed by atoms with Gasteiger partial charge in [0.05, 0.1) is 7.05 Å². The summed E-state index contributed by atoms with van der Waals surface area (Å²) in [6, 6.07) is 5.48. The molecule has 2 rings (SSSR count). The highest BCUT2D eigenvalue weighted by Gasteiger charge is 2.45. The molecule has 1 saturated heterocycles. The van der Waals surface area contributed by atoms with Crippen molar-refractivity contribution in [1.82, 2.24) is 9.80 Å². The number of rotatable bonds is 6. The predicted molar refractivity (Wildman–Crippen MR) is 80.7 cm³/mol. The molecule has 7 heteroatoms. The molecule has 0 spiro atoms. The van der Waals surface area contributed by atoms with Crippen LogP contribution >= 0.6 is 0 Å². The summed E-state index contributed by atoms with van der Waals surface area (Å²) in [7, 11) is 1.81. The van der Waals surface area contributed by atoms with E-state index in [9.17, 15) is 18.8 Å². The second-order valence-corrected chi connectivity index (χ2v) is 6.24. The van der Waals surface area contributed by atoms with Gasteiger partial charge in [-0.2, -0.15) is 0 Å². The fourth-order valence-corrected chi connectivity index (χ4v) is 2.49. The molecule has 1 aromatic carbocycles. The molecule has 1 atom stereocenters. The molecule has 0 aliphatic carbocycles. The third-order valence-corrected chi connectivity index (χ3v) is 3.53. The van der Waals surface area contributed by atoms with Gasteiger partial charge in [0.15, 0.2) is 6.67 Å². The lowest BCUT2D eigenvalue weighted by Crippen LogP contribution is -3.09. The van der Waals surface area contributed by atoms with Crippen molar-refractivity contribution in [3.63, 3.8) is 0 Å². The van der Waals surface area contributed by atoms with Crippen molar-refractivity contribution in [2.45, 2.75) is 20.4 Å². The minimum absolute atomic E-state index is 0.0926. The molecule has 1 unspecified atom stereocenters. The highest BCUT2D eigenvalue weighted by atomic mass is 19.1. The first kappa shape index (κ1) is 17.1. The van der Waals surface area contributed by atoms with E-state index in [0.717, 1.165) is 20.3 Å². The summed E-state index contributed by atoms with van der Waals surface area (Å²) in [4.78, 5) is 39.0. The van der Waals surface area contributed by atoms with Gasteiger partial charge in [-0.3, -0.25) is 14.5 Å². The van der Waals surface area contributed by atoms with E-state index in [1.54, 1.807) is 19.2 Å². The third kappa shape index (κ3) is 3.92. The summed E-state index contributed by atoms with van der Waals surface area (Å²) in [5.41, 5.74) is 0.883. The average Bonchev–Trinajstić information content (AvgIpc) is 2.67. The Hall–Kier alpha value is -2.28. The molecule has 1 N–H and O–H groups in total. The topological polar surface area (TPSA) is 62.1 Å². The first-order valence-corrected chi connectivity index (χ1v) is 7.52. The number of carbonyl (C=O) groups is 3. The molecule has 23 heavy (non-hydrogen) atoms. The summed E-state index contributed by atoms with van der Waals surface area (Å²) in [6.45, 7) is 4.58. The number of nitrogens with one attached hydrogen (secondary N) is 1. The number of nitrogens with zero attached hydrogens (tertiary/aromatic N) is 2. The lowest BCUT2D eigenvalue weighted by Gasteiger charge is -2.20. The Bertz CT molecular complexity index is 616. The van der Waals surface area contributed by atoms with Crippen molar-refractivity contribution in [3.05, 3.63) is 35.6 Å². The lowest BCUT2D eigenvalue weighted by molar-refractivity contribution is -0.901. The number of carbonyl (C=O) groups excluding carboxylic acids is 3. The molecule has 0 aromatic heterocycles. The Balaban J connectivity index is 2.01. The summed E-state index contributed by atoms with van der Waals surface area (Å²) >= 11 is 0. The number of benzene rings is 1. The molecule has 0 bridgehead atoms. The number of amides is 4. The van der Waals surface area contributed by atoms with E-state index in [4.69, 9.17) is 0 Å².